The first-order chi connectivity index (χ1) is 15.3. The smallest absolute Gasteiger partial charge is 0.310 e. The Kier molecular flexibility index (Phi) is 5.51. The number of hydrogen-bond donors (Lipinski definition) is 0. The third kappa shape index (κ3) is 3.44. The number of nitrogens with zero attached hydrogens (tertiary/aromatic N) is 1. The molecule has 0 N–H and O–H groups in total. The van der Waals surface area contributed by atoms with Crippen LogP contribution in [0.15, 0.2) is 24.3 Å². The van der Waals surface area contributed by atoms with Crippen molar-refractivity contribution in [3.8, 4) is 11.5 Å². The molecule has 0 aromatic heterocycles. The molecule has 0 radical (unpaired) electrons. The zero-order valence-corrected chi connectivity index (χ0v) is 20.0. The van der Waals surface area contributed by atoms with Gasteiger partial charge in [0.1, 0.15) is 6.10 Å². The topological polar surface area (TPSA) is 48.0 Å². The summed E-state index contributed by atoms with van der Waals surface area (Å²) in [6.07, 6.45) is 6.68. The summed E-state index contributed by atoms with van der Waals surface area (Å²) < 4.78 is 17.1. The van der Waals surface area contributed by atoms with E-state index in [1.54, 1.807) is 14.2 Å². The van der Waals surface area contributed by atoms with Crippen LogP contribution in [0.25, 0.3) is 0 Å². The van der Waals surface area contributed by atoms with Crippen molar-refractivity contribution in [2.24, 2.45) is 23.2 Å². The van der Waals surface area contributed by atoms with Crippen molar-refractivity contribution < 1.29 is 19.0 Å². The molecule has 5 rings (SSSR count). The molecule has 2 aliphatic carbocycles. The Labute approximate surface area is 192 Å². The molecule has 0 spiro atoms. The lowest BCUT2D eigenvalue weighted by Gasteiger charge is -2.50. The summed E-state index contributed by atoms with van der Waals surface area (Å²) >= 11 is 0. The minimum Gasteiger partial charge on any atom is -0.493 e. The van der Waals surface area contributed by atoms with Crippen LogP contribution in [0, 0.1) is 23.2 Å². The second kappa shape index (κ2) is 8.09. The summed E-state index contributed by atoms with van der Waals surface area (Å²) in [6, 6.07) is 4.45. The van der Waals surface area contributed by atoms with Gasteiger partial charge in [0.05, 0.1) is 20.1 Å². The number of carbonyl (C=O) groups is 1. The van der Waals surface area contributed by atoms with E-state index < -0.39 is 0 Å². The van der Waals surface area contributed by atoms with Crippen LogP contribution in [0.5, 0.6) is 11.5 Å². The van der Waals surface area contributed by atoms with Crippen molar-refractivity contribution in [2.45, 2.75) is 64.5 Å². The van der Waals surface area contributed by atoms with E-state index in [2.05, 4.69) is 37.5 Å². The average Bonchev–Trinajstić information content (AvgIpc) is 3.06. The molecule has 1 aromatic rings. The first-order valence-corrected chi connectivity index (χ1v) is 12.2. The van der Waals surface area contributed by atoms with Crippen molar-refractivity contribution >= 4 is 5.97 Å². The summed E-state index contributed by atoms with van der Waals surface area (Å²) in [6.45, 7) is 10.8. The fraction of sp³-hybridized carbons (Fsp3) is 0.667. The Balaban J connectivity index is 1.35. The number of ether oxygens (including phenoxy) is 3. The fourth-order valence-corrected chi connectivity index (χ4v) is 7.16. The van der Waals surface area contributed by atoms with Gasteiger partial charge in [0.15, 0.2) is 11.5 Å². The van der Waals surface area contributed by atoms with E-state index in [0.29, 0.717) is 11.8 Å². The van der Waals surface area contributed by atoms with Gasteiger partial charge in [0, 0.05) is 25.0 Å². The Hall–Kier alpha value is -2.01. The SMILES string of the molecule is C=C1CCC[C@]2(C)C[C@H]3OC(=O)[C@@H](CN4CCc5cc(OC)c(OC)cc5[C@@H]4C)[C@H]3C[C@@H]12. The lowest BCUT2D eigenvalue weighted by atomic mass is 9.55. The first-order valence-electron chi connectivity index (χ1n) is 12.2. The molecule has 3 fully saturated rings. The van der Waals surface area contributed by atoms with Gasteiger partial charge >= 0.3 is 5.97 Å². The van der Waals surface area contributed by atoms with E-state index in [0.717, 1.165) is 50.3 Å². The Bertz CT molecular complexity index is 926. The maximum Gasteiger partial charge on any atom is 0.310 e. The molecular weight excluding hydrogens is 402 g/mol. The molecule has 2 heterocycles. The highest BCUT2D eigenvalue weighted by Gasteiger charge is 2.55. The highest BCUT2D eigenvalue weighted by Crippen LogP contribution is 2.57. The Morgan fingerprint density at radius 3 is 2.72 bits per heavy atom. The molecule has 2 aliphatic heterocycles. The summed E-state index contributed by atoms with van der Waals surface area (Å²) in [4.78, 5) is 15.5. The predicted octanol–water partition coefficient (Wildman–Crippen LogP) is 4.94. The molecule has 2 saturated carbocycles. The van der Waals surface area contributed by atoms with E-state index in [1.807, 2.05) is 0 Å². The van der Waals surface area contributed by atoms with Crippen LogP contribution in [-0.4, -0.2) is 44.3 Å². The normalized spacial score (nSPS) is 36.7. The highest BCUT2D eigenvalue weighted by molar-refractivity contribution is 5.75. The number of hydrogen-bond acceptors (Lipinski definition) is 5. The standard InChI is InChI=1S/C27H37NO4/c1-16-7-6-9-27(3)14-25-20(12-22(16)27)21(26(29)32-25)15-28-10-8-18-11-23(30-4)24(31-5)13-19(18)17(28)2/h11,13,17,20-22,25H,1,6-10,12,14-15H2,2-5H3/t17-,20+,21-,22-,25+,27+/m0/s1. The molecule has 1 aromatic carbocycles. The number of methoxy groups -OCH3 is 2. The molecule has 1 saturated heterocycles. The molecule has 0 unspecified atom stereocenters. The summed E-state index contributed by atoms with van der Waals surface area (Å²) in [5.74, 6) is 2.37. The summed E-state index contributed by atoms with van der Waals surface area (Å²) in [5, 5.41) is 0. The van der Waals surface area contributed by atoms with Crippen LogP contribution in [0.2, 0.25) is 0 Å². The van der Waals surface area contributed by atoms with E-state index in [1.165, 1.54) is 29.5 Å². The number of benzene rings is 1. The molecule has 0 amide bonds. The Morgan fingerprint density at radius 2 is 1.97 bits per heavy atom. The first kappa shape index (κ1) is 21.8. The van der Waals surface area contributed by atoms with Gasteiger partial charge in [0.25, 0.3) is 0 Å². The van der Waals surface area contributed by atoms with Gasteiger partial charge in [-0.15, -0.1) is 0 Å². The summed E-state index contributed by atoms with van der Waals surface area (Å²) in [7, 11) is 3.36. The Morgan fingerprint density at radius 1 is 1.22 bits per heavy atom. The van der Waals surface area contributed by atoms with Crippen molar-refractivity contribution in [1.29, 1.82) is 0 Å². The molecule has 6 atom stereocenters. The lowest BCUT2D eigenvalue weighted by molar-refractivity contribution is -0.146. The van der Waals surface area contributed by atoms with Crippen molar-refractivity contribution in [3.05, 3.63) is 35.4 Å². The number of allylic oxidation sites excluding steroid dienone is 1. The van der Waals surface area contributed by atoms with Crippen molar-refractivity contribution in [2.75, 3.05) is 27.3 Å². The van der Waals surface area contributed by atoms with Gasteiger partial charge < -0.3 is 14.2 Å². The van der Waals surface area contributed by atoms with Crippen LogP contribution in [0.3, 0.4) is 0 Å². The fourth-order valence-electron chi connectivity index (χ4n) is 7.16. The largest absolute Gasteiger partial charge is 0.493 e. The van der Waals surface area contributed by atoms with E-state index >= 15 is 0 Å². The number of carbonyl (C=O) groups excluding carboxylic acids is 1. The number of esters is 1. The van der Waals surface area contributed by atoms with Gasteiger partial charge in [-0.05, 0) is 80.0 Å². The van der Waals surface area contributed by atoms with Crippen LogP contribution in [0.4, 0.5) is 0 Å². The second-order valence-electron chi connectivity index (χ2n) is 10.7. The lowest BCUT2D eigenvalue weighted by Crippen LogP contribution is -2.46. The van der Waals surface area contributed by atoms with Gasteiger partial charge in [-0.2, -0.15) is 0 Å². The molecule has 32 heavy (non-hydrogen) atoms. The van der Waals surface area contributed by atoms with E-state index in [9.17, 15) is 4.79 Å². The maximum atomic E-state index is 13.0. The third-order valence-electron chi connectivity index (χ3n) is 9.06. The van der Waals surface area contributed by atoms with Crippen molar-refractivity contribution in [1.82, 2.24) is 4.90 Å². The van der Waals surface area contributed by atoms with Gasteiger partial charge in [0.2, 0.25) is 0 Å². The molecule has 0 bridgehead atoms. The minimum absolute atomic E-state index is 0.0122. The highest BCUT2D eigenvalue weighted by atomic mass is 16.6. The van der Waals surface area contributed by atoms with Gasteiger partial charge in [-0.1, -0.05) is 19.1 Å². The molecule has 5 nitrogen and oxygen atoms in total. The second-order valence-corrected chi connectivity index (χ2v) is 10.7. The predicted molar refractivity (Wildman–Crippen MR) is 124 cm³/mol. The minimum atomic E-state index is -0.0385. The van der Waals surface area contributed by atoms with Crippen LogP contribution >= 0.6 is 0 Å². The maximum absolute atomic E-state index is 13.0. The van der Waals surface area contributed by atoms with E-state index in [4.69, 9.17) is 14.2 Å². The molecule has 4 aliphatic rings. The van der Waals surface area contributed by atoms with Crippen molar-refractivity contribution in [3.63, 3.8) is 0 Å². The average molecular weight is 440 g/mol. The van der Waals surface area contributed by atoms with Crippen LogP contribution in [0.1, 0.15) is 63.1 Å². The zero-order valence-electron chi connectivity index (χ0n) is 20.0. The van der Waals surface area contributed by atoms with Crippen LogP contribution < -0.4 is 9.47 Å². The van der Waals surface area contributed by atoms with Crippen LogP contribution in [-0.2, 0) is 16.0 Å². The number of rotatable bonds is 4. The monoisotopic (exact) mass is 439 g/mol. The number of fused-ring (bicyclic) bond motifs is 3. The quantitative estimate of drug-likeness (QED) is 0.491. The molecule has 174 valence electrons. The third-order valence-corrected chi connectivity index (χ3v) is 9.06. The molecule has 5 heteroatoms. The van der Waals surface area contributed by atoms with Gasteiger partial charge in [-0.3, -0.25) is 9.69 Å². The van der Waals surface area contributed by atoms with E-state index in [-0.39, 0.29) is 29.4 Å². The zero-order chi connectivity index (χ0) is 22.6. The summed E-state index contributed by atoms with van der Waals surface area (Å²) in [5.41, 5.74) is 4.23. The van der Waals surface area contributed by atoms with Gasteiger partial charge in [-0.25, -0.2) is 0 Å². The molecular formula is C27H37NO4.